The van der Waals surface area contributed by atoms with E-state index >= 15 is 0 Å². The van der Waals surface area contributed by atoms with Gasteiger partial charge in [0.25, 0.3) is 0 Å². The monoisotopic (exact) mass is 448 g/mol. The van der Waals surface area contributed by atoms with Gasteiger partial charge >= 0.3 is 5.97 Å². The van der Waals surface area contributed by atoms with Crippen molar-refractivity contribution >= 4 is 35.4 Å². The number of carboxylic acids is 1. The number of carbonyl (C=O) groups is 5. The highest BCUT2D eigenvalue weighted by Crippen LogP contribution is 2.21. The Hall–Kier alpha value is -3.03. The first-order valence-corrected chi connectivity index (χ1v) is 10.8. The molecule has 1 aromatic carbocycles. The van der Waals surface area contributed by atoms with E-state index in [1.54, 1.807) is 25.2 Å². The van der Waals surface area contributed by atoms with Gasteiger partial charge in [-0.3, -0.25) is 19.2 Å². The molecule has 0 aliphatic rings. The number of Topliss-reactive ketones (excluding diaryl/α,β-unsaturated/α-hetero) is 2. The van der Waals surface area contributed by atoms with Crippen molar-refractivity contribution in [3.63, 3.8) is 0 Å². The van der Waals surface area contributed by atoms with E-state index in [1.165, 1.54) is 13.8 Å². The Morgan fingerprint density at radius 2 is 1.69 bits per heavy atom. The third kappa shape index (κ3) is 11.4. The summed E-state index contributed by atoms with van der Waals surface area (Å²) in [5, 5.41) is 14.2. The predicted octanol–water partition coefficient (Wildman–Crippen LogP) is 3.74. The zero-order valence-electron chi connectivity index (χ0n) is 19.7. The second-order valence-corrected chi connectivity index (χ2v) is 7.87. The lowest BCUT2D eigenvalue weighted by atomic mass is 9.93. The summed E-state index contributed by atoms with van der Waals surface area (Å²) in [6.45, 7) is 7.40. The molecule has 32 heavy (non-hydrogen) atoms. The standard InChI is InChI=1S/C15H19NO4.C9H17NO2/c1-10(17)12-6-5-7-13(15(12)11(2)18)16-9-4-3-8-14(19)20;1-7(2)8(6-11)4-5-9(12)10-3/h5-7,16H,3-4,8-9H2,1-2H3,(H,19,20);6-8H,4-5H2,1-3H3,(H,10,12). The van der Waals surface area contributed by atoms with E-state index in [9.17, 15) is 24.0 Å². The highest BCUT2D eigenvalue weighted by Gasteiger charge is 2.15. The van der Waals surface area contributed by atoms with Crippen LogP contribution in [0.2, 0.25) is 0 Å². The molecule has 1 aromatic rings. The van der Waals surface area contributed by atoms with Gasteiger partial charge in [0.15, 0.2) is 11.6 Å². The van der Waals surface area contributed by atoms with E-state index in [2.05, 4.69) is 10.6 Å². The fourth-order valence-electron chi connectivity index (χ4n) is 2.98. The van der Waals surface area contributed by atoms with E-state index in [0.29, 0.717) is 55.0 Å². The topological polar surface area (TPSA) is 130 Å². The lowest BCUT2D eigenvalue weighted by molar-refractivity contribution is -0.137. The van der Waals surface area contributed by atoms with Crippen LogP contribution in [-0.2, 0) is 14.4 Å². The minimum atomic E-state index is -0.812. The van der Waals surface area contributed by atoms with Crippen LogP contribution in [-0.4, -0.2) is 48.4 Å². The second kappa shape index (κ2) is 15.7. The summed E-state index contributed by atoms with van der Waals surface area (Å²) in [6, 6.07) is 5.11. The van der Waals surface area contributed by atoms with Crippen molar-refractivity contribution in [2.75, 3.05) is 18.9 Å². The molecule has 0 bridgehead atoms. The number of carbonyl (C=O) groups excluding carboxylic acids is 4. The molecule has 1 atom stereocenters. The summed E-state index contributed by atoms with van der Waals surface area (Å²) in [6.07, 6.45) is 3.43. The lowest BCUT2D eigenvalue weighted by Crippen LogP contribution is -2.20. The average molecular weight is 449 g/mol. The molecule has 1 unspecified atom stereocenters. The van der Waals surface area contributed by atoms with E-state index in [0.717, 1.165) is 6.29 Å². The van der Waals surface area contributed by atoms with Crippen molar-refractivity contribution in [3.05, 3.63) is 29.3 Å². The largest absolute Gasteiger partial charge is 0.481 e. The van der Waals surface area contributed by atoms with Crippen LogP contribution in [0.4, 0.5) is 5.69 Å². The molecule has 0 aliphatic carbocycles. The van der Waals surface area contributed by atoms with Crippen molar-refractivity contribution in [3.8, 4) is 0 Å². The van der Waals surface area contributed by atoms with Gasteiger partial charge < -0.3 is 20.5 Å². The Morgan fingerprint density at radius 1 is 1.03 bits per heavy atom. The molecular weight excluding hydrogens is 412 g/mol. The van der Waals surface area contributed by atoms with Gasteiger partial charge in [-0.15, -0.1) is 0 Å². The summed E-state index contributed by atoms with van der Waals surface area (Å²) < 4.78 is 0. The van der Waals surface area contributed by atoms with Gasteiger partial charge in [0.2, 0.25) is 5.91 Å². The highest BCUT2D eigenvalue weighted by molar-refractivity contribution is 6.10. The molecular formula is C24H36N2O6. The molecule has 0 fully saturated rings. The number of rotatable bonds is 13. The molecule has 0 aromatic heterocycles. The first kappa shape index (κ1) is 29.0. The molecule has 1 amide bonds. The Bertz CT molecular complexity index is 789. The number of unbranched alkanes of at least 4 members (excludes halogenated alkanes) is 1. The van der Waals surface area contributed by atoms with Crippen molar-refractivity contribution in [1.29, 1.82) is 0 Å². The van der Waals surface area contributed by atoms with Crippen LogP contribution in [0, 0.1) is 11.8 Å². The van der Waals surface area contributed by atoms with Crippen LogP contribution in [0.15, 0.2) is 18.2 Å². The maximum atomic E-state index is 11.7. The molecule has 0 radical (unpaired) electrons. The van der Waals surface area contributed by atoms with Crippen molar-refractivity contribution in [2.24, 2.45) is 11.8 Å². The molecule has 0 aliphatic heterocycles. The van der Waals surface area contributed by atoms with Crippen LogP contribution < -0.4 is 10.6 Å². The minimum absolute atomic E-state index is 0.00231. The van der Waals surface area contributed by atoms with Gasteiger partial charge in [0, 0.05) is 43.6 Å². The van der Waals surface area contributed by atoms with Crippen LogP contribution in [0.5, 0.6) is 0 Å². The third-order valence-corrected chi connectivity index (χ3v) is 4.94. The number of hydrogen-bond acceptors (Lipinski definition) is 6. The lowest BCUT2D eigenvalue weighted by Gasteiger charge is -2.12. The Morgan fingerprint density at radius 3 is 2.16 bits per heavy atom. The summed E-state index contributed by atoms with van der Waals surface area (Å²) >= 11 is 0. The Labute approximate surface area is 190 Å². The first-order valence-electron chi connectivity index (χ1n) is 10.8. The van der Waals surface area contributed by atoms with Gasteiger partial charge in [0.05, 0.1) is 5.56 Å². The number of aldehydes is 1. The number of amides is 1. The maximum Gasteiger partial charge on any atom is 0.303 e. The predicted molar refractivity (Wildman–Crippen MR) is 124 cm³/mol. The van der Waals surface area contributed by atoms with E-state index in [-0.39, 0.29) is 29.8 Å². The van der Waals surface area contributed by atoms with E-state index in [1.807, 2.05) is 13.8 Å². The molecule has 0 saturated carbocycles. The zero-order valence-corrected chi connectivity index (χ0v) is 19.7. The fourth-order valence-corrected chi connectivity index (χ4v) is 2.98. The fraction of sp³-hybridized carbons (Fsp3) is 0.542. The summed E-state index contributed by atoms with van der Waals surface area (Å²) in [4.78, 5) is 55.0. The smallest absolute Gasteiger partial charge is 0.303 e. The normalized spacial score (nSPS) is 11.1. The van der Waals surface area contributed by atoms with Gasteiger partial charge in [-0.05, 0) is 45.1 Å². The SMILES string of the molecule is CC(=O)c1cccc(NCCCCC(=O)O)c1C(C)=O.CNC(=O)CCC(C=O)C(C)C. The van der Waals surface area contributed by atoms with E-state index in [4.69, 9.17) is 5.11 Å². The molecule has 178 valence electrons. The van der Waals surface area contributed by atoms with Gasteiger partial charge in [-0.1, -0.05) is 26.0 Å². The Kier molecular flexibility index (Phi) is 14.2. The quantitative estimate of drug-likeness (QED) is 0.238. The molecule has 3 N–H and O–H groups in total. The van der Waals surface area contributed by atoms with Crippen LogP contribution in [0.1, 0.15) is 80.5 Å². The second-order valence-electron chi connectivity index (χ2n) is 7.87. The molecule has 8 nitrogen and oxygen atoms in total. The van der Waals surface area contributed by atoms with Gasteiger partial charge in [-0.2, -0.15) is 0 Å². The van der Waals surface area contributed by atoms with Crippen LogP contribution >= 0.6 is 0 Å². The van der Waals surface area contributed by atoms with Crippen LogP contribution in [0.25, 0.3) is 0 Å². The van der Waals surface area contributed by atoms with Gasteiger partial charge in [-0.25, -0.2) is 0 Å². The molecule has 0 saturated heterocycles. The summed E-state index contributed by atoms with van der Waals surface area (Å²) in [5.74, 6) is -0.779. The van der Waals surface area contributed by atoms with Crippen LogP contribution in [0.3, 0.4) is 0 Å². The highest BCUT2D eigenvalue weighted by atomic mass is 16.4. The number of ketones is 2. The maximum absolute atomic E-state index is 11.7. The number of anilines is 1. The van der Waals surface area contributed by atoms with Crippen molar-refractivity contribution < 1.29 is 29.1 Å². The third-order valence-electron chi connectivity index (χ3n) is 4.94. The molecule has 0 heterocycles. The molecule has 0 spiro atoms. The minimum Gasteiger partial charge on any atom is -0.481 e. The first-order chi connectivity index (χ1) is 15.0. The summed E-state index contributed by atoms with van der Waals surface area (Å²) in [7, 11) is 1.60. The Balaban J connectivity index is 0.000000687. The van der Waals surface area contributed by atoms with Crippen molar-refractivity contribution in [2.45, 2.75) is 59.8 Å². The van der Waals surface area contributed by atoms with Crippen molar-refractivity contribution in [1.82, 2.24) is 5.32 Å². The van der Waals surface area contributed by atoms with Gasteiger partial charge in [0.1, 0.15) is 6.29 Å². The molecule has 8 heteroatoms. The van der Waals surface area contributed by atoms with E-state index < -0.39 is 5.97 Å². The molecule has 1 rings (SSSR count). The average Bonchev–Trinajstić information content (AvgIpc) is 2.73. The number of carboxylic acid groups (broad SMARTS) is 1. The summed E-state index contributed by atoms with van der Waals surface area (Å²) in [5.41, 5.74) is 1.44. The zero-order chi connectivity index (χ0) is 24.7. The number of aliphatic carboxylic acids is 1. The number of benzene rings is 1. The number of hydrogen-bond donors (Lipinski definition) is 3. The number of nitrogens with one attached hydrogen (secondary N) is 2.